The van der Waals surface area contributed by atoms with Crippen molar-refractivity contribution < 1.29 is 4.74 Å². The molecule has 0 spiro atoms. The number of benzene rings is 1. The molecule has 1 aromatic heterocycles. The number of rotatable bonds is 4. The molecule has 2 aromatic rings. The number of aryl methyl sites for hydroxylation is 2. The van der Waals surface area contributed by atoms with Gasteiger partial charge in [-0.1, -0.05) is 6.58 Å². The van der Waals surface area contributed by atoms with Crippen molar-refractivity contribution >= 4 is 11.4 Å². The first kappa shape index (κ1) is 13.9. The third kappa shape index (κ3) is 2.91. The van der Waals surface area contributed by atoms with Gasteiger partial charge in [0.15, 0.2) is 0 Å². The van der Waals surface area contributed by atoms with E-state index in [1.54, 1.807) is 12.4 Å². The van der Waals surface area contributed by atoms with Gasteiger partial charge in [-0.2, -0.15) is 0 Å². The molecule has 4 heteroatoms. The summed E-state index contributed by atoms with van der Waals surface area (Å²) < 4.78 is 5.80. The van der Waals surface area contributed by atoms with E-state index in [0.717, 1.165) is 28.3 Å². The Morgan fingerprint density at radius 3 is 2.60 bits per heavy atom. The molecule has 0 fully saturated rings. The normalized spacial score (nSPS) is 10.2. The van der Waals surface area contributed by atoms with Crippen LogP contribution in [-0.4, -0.2) is 12.0 Å². The molecule has 0 saturated heterocycles. The molecule has 0 aliphatic carbocycles. The minimum Gasteiger partial charge on any atom is -0.439 e. The lowest BCUT2D eigenvalue weighted by Crippen LogP contribution is -2.09. The van der Waals surface area contributed by atoms with E-state index in [9.17, 15) is 0 Å². The Kier molecular flexibility index (Phi) is 3.94. The molecule has 0 radical (unpaired) electrons. The fourth-order valence-corrected chi connectivity index (χ4v) is 1.95. The topological polar surface area (TPSA) is 51.4 Å². The maximum atomic E-state index is 5.80. The average molecular weight is 269 g/mol. The summed E-state index contributed by atoms with van der Waals surface area (Å²) in [6.45, 7) is 7.71. The zero-order valence-corrected chi connectivity index (χ0v) is 12.1. The number of aromatic nitrogens is 1. The maximum absolute atomic E-state index is 5.80. The Labute approximate surface area is 119 Å². The van der Waals surface area contributed by atoms with Crippen molar-refractivity contribution in [2.75, 3.05) is 17.7 Å². The van der Waals surface area contributed by atoms with Gasteiger partial charge in [-0.05, 0) is 49.4 Å². The molecule has 0 amide bonds. The van der Waals surface area contributed by atoms with E-state index in [2.05, 4.69) is 11.6 Å². The van der Waals surface area contributed by atoms with Gasteiger partial charge in [0, 0.05) is 18.8 Å². The highest BCUT2D eigenvalue weighted by Gasteiger charge is 2.07. The van der Waals surface area contributed by atoms with Crippen LogP contribution in [0.1, 0.15) is 11.1 Å². The summed E-state index contributed by atoms with van der Waals surface area (Å²) in [4.78, 5) is 6.24. The fourth-order valence-electron chi connectivity index (χ4n) is 1.95. The second-order valence-electron chi connectivity index (χ2n) is 4.73. The lowest BCUT2D eigenvalue weighted by molar-refractivity contribution is 0.459. The summed E-state index contributed by atoms with van der Waals surface area (Å²) in [7, 11) is 1.93. The molecule has 0 aliphatic heterocycles. The molecule has 1 heterocycles. The third-order valence-electron chi connectivity index (χ3n) is 3.13. The van der Waals surface area contributed by atoms with Crippen molar-refractivity contribution in [3.8, 4) is 11.6 Å². The number of nitrogen functional groups attached to an aromatic ring is 1. The van der Waals surface area contributed by atoms with Crippen LogP contribution in [0.2, 0.25) is 0 Å². The lowest BCUT2D eigenvalue weighted by Gasteiger charge is -2.16. The first-order valence-electron chi connectivity index (χ1n) is 6.37. The van der Waals surface area contributed by atoms with E-state index < -0.39 is 0 Å². The molecule has 0 bridgehead atoms. The molecule has 0 atom stereocenters. The number of hydrogen-bond acceptors (Lipinski definition) is 4. The molecule has 1 aromatic carbocycles. The van der Waals surface area contributed by atoms with Gasteiger partial charge >= 0.3 is 0 Å². The predicted molar refractivity (Wildman–Crippen MR) is 83.2 cm³/mol. The van der Waals surface area contributed by atoms with Crippen molar-refractivity contribution in [2.24, 2.45) is 0 Å². The van der Waals surface area contributed by atoms with Gasteiger partial charge in [0.05, 0.1) is 11.9 Å². The van der Waals surface area contributed by atoms with Crippen molar-refractivity contribution in [3.05, 3.63) is 54.4 Å². The standard InChI is InChI=1S/C16H19N3O/c1-5-19(4)14-10-18-16(9-11(14)2)20-15-7-6-13(17)8-12(15)3/h5-10H,1,17H2,2-4H3. The smallest absolute Gasteiger partial charge is 0.219 e. The minimum atomic E-state index is 0.566. The number of pyridine rings is 1. The summed E-state index contributed by atoms with van der Waals surface area (Å²) in [6, 6.07) is 7.45. The molecule has 104 valence electrons. The number of hydrogen-bond donors (Lipinski definition) is 1. The summed E-state index contributed by atoms with van der Waals surface area (Å²) in [5, 5.41) is 0. The second-order valence-corrected chi connectivity index (χ2v) is 4.73. The van der Waals surface area contributed by atoms with E-state index >= 15 is 0 Å². The van der Waals surface area contributed by atoms with Crippen molar-refractivity contribution in [2.45, 2.75) is 13.8 Å². The van der Waals surface area contributed by atoms with E-state index in [1.807, 2.05) is 50.1 Å². The van der Waals surface area contributed by atoms with Crippen LogP contribution in [0.4, 0.5) is 11.4 Å². The third-order valence-corrected chi connectivity index (χ3v) is 3.13. The zero-order valence-electron chi connectivity index (χ0n) is 12.1. The lowest BCUT2D eigenvalue weighted by atomic mass is 10.2. The Morgan fingerprint density at radius 2 is 2.00 bits per heavy atom. The largest absolute Gasteiger partial charge is 0.439 e. The molecule has 0 aliphatic rings. The second kappa shape index (κ2) is 5.65. The fraction of sp³-hybridized carbons (Fsp3) is 0.188. The zero-order chi connectivity index (χ0) is 14.7. The van der Waals surface area contributed by atoms with Crippen LogP contribution >= 0.6 is 0 Å². The van der Waals surface area contributed by atoms with Crippen molar-refractivity contribution in [1.29, 1.82) is 0 Å². The van der Waals surface area contributed by atoms with Crippen LogP contribution in [0.25, 0.3) is 0 Å². The number of anilines is 2. The Hall–Kier alpha value is -2.49. The highest BCUT2D eigenvalue weighted by Crippen LogP contribution is 2.28. The Balaban J connectivity index is 2.26. The van der Waals surface area contributed by atoms with Crippen LogP contribution in [0.3, 0.4) is 0 Å². The highest BCUT2D eigenvalue weighted by atomic mass is 16.5. The van der Waals surface area contributed by atoms with E-state index in [0.29, 0.717) is 5.88 Å². The average Bonchev–Trinajstić information content (AvgIpc) is 2.41. The maximum Gasteiger partial charge on any atom is 0.219 e. The van der Waals surface area contributed by atoms with Crippen LogP contribution in [0.5, 0.6) is 11.6 Å². The van der Waals surface area contributed by atoms with Crippen molar-refractivity contribution in [1.82, 2.24) is 4.98 Å². The number of ether oxygens (including phenoxy) is 1. The van der Waals surface area contributed by atoms with Gasteiger partial charge in [-0.25, -0.2) is 4.98 Å². The van der Waals surface area contributed by atoms with Gasteiger partial charge in [0.2, 0.25) is 5.88 Å². The van der Waals surface area contributed by atoms with E-state index in [1.165, 1.54) is 0 Å². The predicted octanol–water partition coefficient (Wildman–Crippen LogP) is 3.65. The molecule has 20 heavy (non-hydrogen) atoms. The summed E-state index contributed by atoms with van der Waals surface area (Å²) in [6.07, 6.45) is 3.52. The Morgan fingerprint density at radius 1 is 1.25 bits per heavy atom. The Bertz CT molecular complexity index is 638. The van der Waals surface area contributed by atoms with Gasteiger partial charge in [0.25, 0.3) is 0 Å². The first-order valence-corrected chi connectivity index (χ1v) is 6.37. The number of nitrogens with zero attached hydrogens (tertiary/aromatic N) is 2. The van der Waals surface area contributed by atoms with Gasteiger partial charge in [-0.15, -0.1) is 0 Å². The van der Waals surface area contributed by atoms with Crippen LogP contribution in [0, 0.1) is 13.8 Å². The number of nitrogens with two attached hydrogens (primary N) is 1. The monoisotopic (exact) mass is 269 g/mol. The van der Waals surface area contributed by atoms with Gasteiger partial charge in [-0.3, -0.25) is 0 Å². The van der Waals surface area contributed by atoms with Crippen molar-refractivity contribution in [3.63, 3.8) is 0 Å². The summed E-state index contributed by atoms with van der Waals surface area (Å²) in [5.74, 6) is 1.33. The minimum absolute atomic E-state index is 0.566. The van der Waals surface area contributed by atoms with Crippen LogP contribution in [-0.2, 0) is 0 Å². The molecular weight excluding hydrogens is 250 g/mol. The van der Waals surface area contributed by atoms with Crippen LogP contribution in [0.15, 0.2) is 43.2 Å². The SMILES string of the molecule is C=CN(C)c1cnc(Oc2ccc(N)cc2C)cc1C. The van der Waals surface area contributed by atoms with E-state index in [-0.39, 0.29) is 0 Å². The molecule has 0 saturated carbocycles. The quantitative estimate of drug-likeness (QED) is 0.861. The van der Waals surface area contributed by atoms with Gasteiger partial charge < -0.3 is 15.4 Å². The van der Waals surface area contributed by atoms with Gasteiger partial charge in [0.1, 0.15) is 5.75 Å². The first-order chi connectivity index (χ1) is 9.51. The molecule has 2 N–H and O–H groups in total. The summed E-state index contributed by atoms with van der Waals surface area (Å²) in [5.41, 5.74) is 9.51. The molecule has 2 rings (SSSR count). The summed E-state index contributed by atoms with van der Waals surface area (Å²) >= 11 is 0. The molecule has 0 unspecified atom stereocenters. The molecular formula is C16H19N3O. The van der Waals surface area contributed by atoms with E-state index in [4.69, 9.17) is 10.5 Å². The highest BCUT2D eigenvalue weighted by molar-refractivity contribution is 5.54. The molecule has 4 nitrogen and oxygen atoms in total. The van der Waals surface area contributed by atoms with Crippen LogP contribution < -0.4 is 15.4 Å².